The van der Waals surface area contributed by atoms with Crippen LogP contribution in [0.4, 0.5) is 0 Å². The molecule has 1 N–H and O–H groups in total. The van der Waals surface area contributed by atoms with E-state index in [0.717, 1.165) is 23.3 Å². The summed E-state index contributed by atoms with van der Waals surface area (Å²) in [4.78, 5) is 14.9. The van der Waals surface area contributed by atoms with Gasteiger partial charge in [-0.1, -0.05) is 0 Å². The monoisotopic (exact) mass is 217 g/mol. The predicted octanol–water partition coefficient (Wildman–Crippen LogP) is 1.47. The van der Waals surface area contributed by atoms with Gasteiger partial charge in [0.25, 0.3) is 0 Å². The van der Waals surface area contributed by atoms with Gasteiger partial charge in [0.1, 0.15) is 5.75 Å². The molecule has 0 atom stereocenters. The second-order valence-corrected chi connectivity index (χ2v) is 3.77. The molecule has 0 fully saturated rings. The van der Waals surface area contributed by atoms with Crippen LogP contribution in [-0.4, -0.2) is 18.7 Å². The topological polar surface area (TPSA) is 51.3 Å². The van der Waals surface area contributed by atoms with E-state index in [2.05, 4.69) is 4.98 Å². The quantitative estimate of drug-likeness (QED) is 0.787. The van der Waals surface area contributed by atoms with Gasteiger partial charge in [0.15, 0.2) is 11.3 Å². The maximum absolute atomic E-state index is 11.8. The second-order valence-electron chi connectivity index (χ2n) is 3.77. The molecule has 0 aliphatic carbocycles. The first-order valence-corrected chi connectivity index (χ1v) is 5.15. The van der Waals surface area contributed by atoms with E-state index in [-0.39, 0.29) is 5.43 Å². The highest BCUT2D eigenvalue weighted by atomic mass is 16.5. The van der Waals surface area contributed by atoms with Crippen molar-refractivity contribution < 1.29 is 9.47 Å². The molecule has 1 aromatic carbocycles. The summed E-state index contributed by atoms with van der Waals surface area (Å²) in [5.41, 5.74) is 1.87. The Morgan fingerprint density at radius 1 is 1.44 bits per heavy atom. The third-order valence-electron chi connectivity index (χ3n) is 2.88. The molecule has 1 aliphatic rings. The lowest BCUT2D eigenvalue weighted by Crippen LogP contribution is -2.04. The van der Waals surface area contributed by atoms with Gasteiger partial charge in [-0.05, 0) is 12.1 Å². The highest BCUT2D eigenvalue weighted by molar-refractivity contribution is 5.85. The van der Waals surface area contributed by atoms with Crippen LogP contribution >= 0.6 is 0 Å². The number of nitrogens with one attached hydrogen (secondary N) is 1. The number of methoxy groups -OCH3 is 1. The van der Waals surface area contributed by atoms with Crippen molar-refractivity contribution in [3.8, 4) is 11.6 Å². The zero-order valence-corrected chi connectivity index (χ0v) is 8.87. The number of rotatable bonds is 1. The number of aromatic amines is 1. The predicted molar refractivity (Wildman–Crippen MR) is 60.3 cm³/mol. The van der Waals surface area contributed by atoms with E-state index >= 15 is 0 Å². The number of pyridine rings is 1. The van der Waals surface area contributed by atoms with E-state index in [1.165, 1.54) is 13.2 Å². The molecule has 0 spiro atoms. The summed E-state index contributed by atoms with van der Waals surface area (Å²) in [6.07, 6.45) is 0.829. The van der Waals surface area contributed by atoms with Crippen LogP contribution in [0.2, 0.25) is 0 Å². The molecule has 2 aromatic rings. The van der Waals surface area contributed by atoms with Crippen LogP contribution in [0.5, 0.6) is 11.6 Å². The van der Waals surface area contributed by atoms with Crippen molar-refractivity contribution in [2.24, 2.45) is 0 Å². The molecule has 82 valence electrons. The molecular weight excluding hydrogens is 206 g/mol. The van der Waals surface area contributed by atoms with E-state index in [4.69, 9.17) is 9.47 Å². The van der Waals surface area contributed by atoms with Gasteiger partial charge in [0.05, 0.1) is 19.2 Å². The maximum atomic E-state index is 11.8. The van der Waals surface area contributed by atoms with Crippen molar-refractivity contribution in [2.75, 3.05) is 13.7 Å². The number of H-pyrrole nitrogens is 1. The third kappa shape index (κ3) is 1.19. The van der Waals surface area contributed by atoms with Gasteiger partial charge in [0, 0.05) is 23.4 Å². The van der Waals surface area contributed by atoms with Gasteiger partial charge in [0.2, 0.25) is 0 Å². The Morgan fingerprint density at radius 2 is 2.31 bits per heavy atom. The Kier molecular flexibility index (Phi) is 1.89. The summed E-state index contributed by atoms with van der Waals surface area (Å²) >= 11 is 0. The minimum absolute atomic E-state index is 0.0275. The van der Waals surface area contributed by atoms with Gasteiger partial charge < -0.3 is 14.5 Å². The zero-order valence-electron chi connectivity index (χ0n) is 8.87. The van der Waals surface area contributed by atoms with Crippen molar-refractivity contribution in [1.82, 2.24) is 4.98 Å². The summed E-state index contributed by atoms with van der Waals surface area (Å²) < 4.78 is 10.5. The highest BCUT2D eigenvalue weighted by Crippen LogP contribution is 2.30. The Morgan fingerprint density at radius 3 is 3.12 bits per heavy atom. The van der Waals surface area contributed by atoms with Crippen LogP contribution in [-0.2, 0) is 6.42 Å². The van der Waals surface area contributed by atoms with Gasteiger partial charge in [-0.15, -0.1) is 0 Å². The molecule has 4 nitrogen and oxygen atoms in total. The van der Waals surface area contributed by atoms with E-state index in [1.54, 1.807) is 6.07 Å². The lowest BCUT2D eigenvalue weighted by Gasteiger charge is -2.06. The summed E-state index contributed by atoms with van der Waals surface area (Å²) in [5, 5.41) is 0.685. The molecule has 3 rings (SSSR count). The molecule has 1 aromatic heterocycles. The summed E-state index contributed by atoms with van der Waals surface area (Å²) in [6, 6.07) is 5.11. The number of fused-ring (bicyclic) bond motifs is 3. The van der Waals surface area contributed by atoms with E-state index in [0.29, 0.717) is 17.9 Å². The Bertz CT molecular complexity index is 615. The smallest absolute Gasteiger partial charge is 0.194 e. The summed E-state index contributed by atoms with van der Waals surface area (Å²) in [5.74, 6) is 1.34. The first-order valence-electron chi connectivity index (χ1n) is 5.15. The molecule has 0 saturated carbocycles. The molecule has 0 bridgehead atoms. The standard InChI is InChI=1S/C12H11NO3/c1-15-11-6-9(14)7-2-3-10-8(4-5-16-10)12(7)13-11/h2-3,6H,4-5H2,1H3,(H,13,14). The van der Waals surface area contributed by atoms with Crippen molar-refractivity contribution >= 4 is 10.9 Å². The summed E-state index contributed by atoms with van der Waals surface area (Å²) in [7, 11) is 1.54. The van der Waals surface area contributed by atoms with Crippen molar-refractivity contribution in [2.45, 2.75) is 6.42 Å². The SMILES string of the molecule is COc1cc(=O)c2ccc3c(c2[nH]1)CCO3. The lowest BCUT2D eigenvalue weighted by atomic mass is 10.1. The molecule has 0 radical (unpaired) electrons. The molecule has 1 aliphatic heterocycles. The fourth-order valence-electron chi connectivity index (χ4n) is 2.09. The molecule has 16 heavy (non-hydrogen) atoms. The third-order valence-corrected chi connectivity index (χ3v) is 2.88. The fraction of sp³-hybridized carbons (Fsp3) is 0.250. The van der Waals surface area contributed by atoms with Crippen LogP contribution in [0, 0.1) is 0 Å². The Labute approximate surface area is 91.8 Å². The van der Waals surface area contributed by atoms with Gasteiger partial charge >= 0.3 is 0 Å². The number of benzene rings is 1. The molecular formula is C12H11NO3. The highest BCUT2D eigenvalue weighted by Gasteiger charge is 2.17. The van der Waals surface area contributed by atoms with Crippen LogP contribution in [0.15, 0.2) is 23.0 Å². The number of hydrogen-bond donors (Lipinski definition) is 1. The fourth-order valence-corrected chi connectivity index (χ4v) is 2.09. The van der Waals surface area contributed by atoms with E-state index < -0.39 is 0 Å². The largest absolute Gasteiger partial charge is 0.493 e. The van der Waals surface area contributed by atoms with Gasteiger partial charge in [-0.3, -0.25) is 4.79 Å². The normalized spacial score (nSPS) is 13.6. The first kappa shape index (κ1) is 9.27. The molecule has 4 heteroatoms. The Balaban J connectivity index is 2.42. The van der Waals surface area contributed by atoms with Crippen LogP contribution in [0.3, 0.4) is 0 Å². The average molecular weight is 217 g/mol. The summed E-state index contributed by atoms with van der Waals surface area (Å²) in [6.45, 7) is 0.674. The zero-order chi connectivity index (χ0) is 11.1. The van der Waals surface area contributed by atoms with Gasteiger partial charge in [-0.25, -0.2) is 0 Å². The van der Waals surface area contributed by atoms with Crippen molar-refractivity contribution in [1.29, 1.82) is 0 Å². The first-order chi connectivity index (χ1) is 7.79. The van der Waals surface area contributed by atoms with Gasteiger partial charge in [-0.2, -0.15) is 0 Å². The molecule has 2 heterocycles. The molecule has 0 unspecified atom stereocenters. The number of aromatic nitrogens is 1. The second kappa shape index (κ2) is 3.27. The average Bonchev–Trinajstić information content (AvgIpc) is 2.77. The molecule has 0 saturated heterocycles. The maximum Gasteiger partial charge on any atom is 0.194 e. The van der Waals surface area contributed by atoms with Crippen molar-refractivity contribution in [3.05, 3.63) is 34.0 Å². The van der Waals surface area contributed by atoms with E-state index in [9.17, 15) is 4.79 Å². The minimum Gasteiger partial charge on any atom is -0.493 e. The molecule has 0 amide bonds. The Hall–Kier alpha value is -1.97. The lowest BCUT2D eigenvalue weighted by molar-refractivity contribution is 0.357. The van der Waals surface area contributed by atoms with Crippen LogP contribution < -0.4 is 14.9 Å². The van der Waals surface area contributed by atoms with Crippen molar-refractivity contribution in [3.63, 3.8) is 0 Å². The van der Waals surface area contributed by atoms with E-state index in [1.807, 2.05) is 6.07 Å². The minimum atomic E-state index is -0.0275. The van der Waals surface area contributed by atoms with Crippen LogP contribution in [0.25, 0.3) is 10.9 Å². The number of hydrogen-bond acceptors (Lipinski definition) is 3. The van der Waals surface area contributed by atoms with Crippen LogP contribution in [0.1, 0.15) is 5.56 Å². The number of ether oxygens (including phenoxy) is 2.